The third-order valence-corrected chi connectivity index (χ3v) is 4.94. The molecule has 0 aromatic heterocycles. The standard InChI is InChI=1S/C15H32N2/c1-6-15(2,3)17(5)12-13-10-8-7-9-11-14(13)16-4/h13-14,16H,6-12H2,1-5H3. The summed E-state index contributed by atoms with van der Waals surface area (Å²) in [6.07, 6.45) is 8.24. The van der Waals surface area contributed by atoms with Gasteiger partial charge < -0.3 is 10.2 Å². The van der Waals surface area contributed by atoms with Crippen molar-refractivity contribution in [2.24, 2.45) is 5.92 Å². The van der Waals surface area contributed by atoms with Crippen LogP contribution in [0.25, 0.3) is 0 Å². The highest BCUT2D eigenvalue weighted by Crippen LogP contribution is 2.26. The first-order chi connectivity index (χ1) is 8.01. The molecule has 0 saturated heterocycles. The van der Waals surface area contributed by atoms with Gasteiger partial charge in [0, 0.05) is 18.1 Å². The van der Waals surface area contributed by atoms with Gasteiger partial charge >= 0.3 is 0 Å². The molecule has 0 aromatic carbocycles. The molecule has 2 heteroatoms. The Labute approximate surface area is 108 Å². The smallest absolute Gasteiger partial charge is 0.0147 e. The van der Waals surface area contributed by atoms with E-state index in [2.05, 4.69) is 45.1 Å². The second-order valence-electron chi connectivity index (χ2n) is 6.34. The van der Waals surface area contributed by atoms with Crippen LogP contribution in [0.15, 0.2) is 0 Å². The normalized spacial score (nSPS) is 27.2. The topological polar surface area (TPSA) is 15.3 Å². The molecule has 1 saturated carbocycles. The minimum atomic E-state index is 0.338. The van der Waals surface area contributed by atoms with Gasteiger partial charge in [-0.1, -0.05) is 26.2 Å². The minimum Gasteiger partial charge on any atom is -0.317 e. The Morgan fingerprint density at radius 1 is 1.18 bits per heavy atom. The van der Waals surface area contributed by atoms with Crippen LogP contribution < -0.4 is 5.32 Å². The summed E-state index contributed by atoms with van der Waals surface area (Å²) in [7, 11) is 4.43. The highest BCUT2D eigenvalue weighted by atomic mass is 15.2. The first-order valence-electron chi connectivity index (χ1n) is 7.39. The summed E-state index contributed by atoms with van der Waals surface area (Å²) >= 11 is 0. The average Bonchev–Trinajstić information content (AvgIpc) is 2.54. The highest BCUT2D eigenvalue weighted by Gasteiger charge is 2.28. The molecule has 102 valence electrons. The maximum atomic E-state index is 3.54. The van der Waals surface area contributed by atoms with Crippen LogP contribution in [0.4, 0.5) is 0 Å². The van der Waals surface area contributed by atoms with Gasteiger partial charge in [0.25, 0.3) is 0 Å². The summed E-state index contributed by atoms with van der Waals surface area (Å²) in [6.45, 7) is 8.25. The number of hydrogen-bond acceptors (Lipinski definition) is 2. The van der Waals surface area contributed by atoms with E-state index in [-0.39, 0.29) is 0 Å². The molecule has 0 aromatic rings. The molecule has 1 aliphatic carbocycles. The van der Waals surface area contributed by atoms with Crippen molar-refractivity contribution in [3.05, 3.63) is 0 Å². The number of hydrogen-bond donors (Lipinski definition) is 1. The number of nitrogens with zero attached hydrogens (tertiary/aromatic N) is 1. The molecule has 2 nitrogen and oxygen atoms in total. The molecule has 1 rings (SSSR count). The third kappa shape index (κ3) is 4.26. The van der Waals surface area contributed by atoms with Crippen LogP contribution >= 0.6 is 0 Å². The lowest BCUT2D eigenvalue weighted by atomic mass is 9.91. The van der Waals surface area contributed by atoms with Gasteiger partial charge in [0.2, 0.25) is 0 Å². The van der Waals surface area contributed by atoms with Gasteiger partial charge in [-0.3, -0.25) is 0 Å². The van der Waals surface area contributed by atoms with Crippen molar-refractivity contribution in [2.75, 3.05) is 20.6 Å². The molecule has 2 unspecified atom stereocenters. The predicted molar refractivity (Wildman–Crippen MR) is 76.4 cm³/mol. The predicted octanol–water partition coefficient (Wildman–Crippen LogP) is 3.28. The number of rotatable bonds is 5. The quantitative estimate of drug-likeness (QED) is 0.742. The summed E-state index contributed by atoms with van der Waals surface area (Å²) in [5, 5.41) is 3.54. The van der Waals surface area contributed by atoms with Crippen LogP contribution in [-0.4, -0.2) is 37.1 Å². The van der Waals surface area contributed by atoms with E-state index < -0.39 is 0 Å². The summed E-state index contributed by atoms with van der Waals surface area (Å²) in [5.74, 6) is 0.832. The minimum absolute atomic E-state index is 0.338. The summed E-state index contributed by atoms with van der Waals surface area (Å²) in [6, 6.07) is 0.729. The second kappa shape index (κ2) is 6.75. The first kappa shape index (κ1) is 15.0. The molecule has 0 heterocycles. The van der Waals surface area contributed by atoms with Gasteiger partial charge in [-0.25, -0.2) is 0 Å². The molecule has 1 aliphatic rings. The van der Waals surface area contributed by atoms with Crippen molar-refractivity contribution < 1.29 is 0 Å². The monoisotopic (exact) mass is 240 g/mol. The van der Waals surface area contributed by atoms with Crippen molar-refractivity contribution in [2.45, 2.75) is 70.9 Å². The Balaban J connectivity index is 2.57. The molecule has 0 spiro atoms. The van der Waals surface area contributed by atoms with Crippen molar-refractivity contribution >= 4 is 0 Å². The maximum absolute atomic E-state index is 3.54. The van der Waals surface area contributed by atoms with Gasteiger partial charge in [-0.2, -0.15) is 0 Å². The number of nitrogens with one attached hydrogen (secondary N) is 1. The van der Waals surface area contributed by atoms with Gasteiger partial charge in [0.05, 0.1) is 0 Å². The van der Waals surface area contributed by atoms with E-state index in [1.165, 1.54) is 45.1 Å². The fourth-order valence-corrected chi connectivity index (χ4v) is 2.85. The Morgan fingerprint density at radius 3 is 2.41 bits per heavy atom. The fraction of sp³-hybridized carbons (Fsp3) is 1.00. The van der Waals surface area contributed by atoms with Crippen LogP contribution in [0.2, 0.25) is 0 Å². The zero-order chi connectivity index (χ0) is 12.9. The van der Waals surface area contributed by atoms with Gasteiger partial charge in [0.1, 0.15) is 0 Å². The Morgan fingerprint density at radius 2 is 1.82 bits per heavy atom. The summed E-state index contributed by atoms with van der Waals surface area (Å²) in [5.41, 5.74) is 0.338. The first-order valence-corrected chi connectivity index (χ1v) is 7.39. The highest BCUT2D eigenvalue weighted by molar-refractivity contribution is 4.85. The van der Waals surface area contributed by atoms with E-state index in [0.29, 0.717) is 5.54 Å². The second-order valence-corrected chi connectivity index (χ2v) is 6.34. The molecule has 1 N–H and O–H groups in total. The van der Waals surface area contributed by atoms with E-state index in [1.54, 1.807) is 0 Å². The van der Waals surface area contributed by atoms with Gasteiger partial charge in [-0.05, 0) is 53.1 Å². The van der Waals surface area contributed by atoms with Gasteiger partial charge in [0.15, 0.2) is 0 Å². The average molecular weight is 240 g/mol. The molecule has 2 atom stereocenters. The van der Waals surface area contributed by atoms with Crippen molar-refractivity contribution in [3.8, 4) is 0 Å². The summed E-state index contributed by atoms with van der Waals surface area (Å²) in [4.78, 5) is 2.56. The fourth-order valence-electron chi connectivity index (χ4n) is 2.85. The van der Waals surface area contributed by atoms with Crippen LogP contribution in [0.5, 0.6) is 0 Å². The molecule has 0 aliphatic heterocycles. The van der Waals surface area contributed by atoms with Crippen molar-refractivity contribution in [1.29, 1.82) is 0 Å². The SMILES string of the molecule is CCC(C)(C)N(C)CC1CCCCCC1NC. The molecule has 0 radical (unpaired) electrons. The molecule has 1 fully saturated rings. The zero-order valence-electron chi connectivity index (χ0n) is 12.6. The Bertz CT molecular complexity index is 213. The lowest BCUT2D eigenvalue weighted by Gasteiger charge is -2.39. The Kier molecular flexibility index (Phi) is 5.94. The third-order valence-electron chi connectivity index (χ3n) is 4.94. The van der Waals surface area contributed by atoms with Crippen LogP contribution in [0, 0.1) is 5.92 Å². The lowest BCUT2D eigenvalue weighted by Crippen LogP contribution is -2.47. The lowest BCUT2D eigenvalue weighted by molar-refractivity contribution is 0.113. The van der Waals surface area contributed by atoms with E-state index in [0.717, 1.165) is 12.0 Å². The Hall–Kier alpha value is -0.0800. The van der Waals surface area contributed by atoms with Crippen LogP contribution in [0.3, 0.4) is 0 Å². The van der Waals surface area contributed by atoms with Crippen molar-refractivity contribution in [1.82, 2.24) is 10.2 Å². The molecule has 17 heavy (non-hydrogen) atoms. The maximum Gasteiger partial charge on any atom is 0.0147 e. The molecule has 0 amide bonds. The molecule has 0 bridgehead atoms. The largest absolute Gasteiger partial charge is 0.317 e. The van der Waals surface area contributed by atoms with Crippen molar-refractivity contribution in [3.63, 3.8) is 0 Å². The van der Waals surface area contributed by atoms with Gasteiger partial charge in [-0.15, -0.1) is 0 Å². The zero-order valence-corrected chi connectivity index (χ0v) is 12.6. The van der Waals surface area contributed by atoms with E-state index >= 15 is 0 Å². The summed E-state index contributed by atoms with van der Waals surface area (Å²) < 4.78 is 0. The van der Waals surface area contributed by atoms with Crippen LogP contribution in [-0.2, 0) is 0 Å². The van der Waals surface area contributed by atoms with Crippen LogP contribution in [0.1, 0.15) is 59.3 Å². The molecular weight excluding hydrogens is 208 g/mol. The molecular formula is C15H32N2. The van der Waals surface area contributed by atoms with E-state index in [4.69, 9.17) is 0 Å². The van der Waals surface area contributed by atoms with E-state index in [1.807, 2.05) is 0 Å². The van der Waals surface area contributed by atoms with E-state index in [9.17, 15) is 0 Å².